The topological polar surface area (TPSA) is 55.6 Å². The molecule has 3 heterocycles. The number of anilines is 3. The smallest absolute Gasteiger partial charge is 0.227 e. The first-order valence-electron chi connectivity index (χ1n) is 16.0. The van der Waals surface area contributed by atoms with Crippen molar-refractivity contribution in [3.63, 3.8) is 0 Å². The van der Waals surface area contributed by atoms with Crippen molar-refractivity contribution in [1.29, 1.82) is 0 Å². The van der Waals surface area contributed by atoms with Gasteiger partial charge in [-0.2, -0.15) is 0 Å². The third-order valence-corrected chi connectivity index (χ3v) is 9.10. The van der Waals surface area contributed by atoms with Crippen LogP contribution in [0.5, 0.6) is 0 Å². The van der Waals surface area contributed by atoms with Crippen molar-refractivity contribution in [2.24, 2.45) is 0 Å². The van der Waals surface area contributed by atoms with E-state index in [0.717, 1.165) is 88.7 Å². The molecule has 0 unspecified atom stereocenters. The fraction of sp³-hybridized carbons (Fsp3) is 0. The average Bonchev–Trinajstić information content (AvgIpc) is 3.86. The fourth-order valence-electron chi connectivity index (χ4n) is 6.90. The largest absolute Gasteiger partial charge is 0.455 e. The highest BCUT2D eigenvalue weighted by molar-refractivity contribution is 6.20. The van der Waals surface area contributed by atoms with Crippen LogP contribution in [0.2, 0.25) is 0 Å². The first-order valence-corrected chi connectivity index (χ1v) is 16.0. The zero-order valence-corrected chi connectivity index (χ0v) is 25.6. The Kier molecular flexibility index (Phi) is 5.81. The molecule has 0 bridgehead atoms. The van der Waals surface area contributed by atoms with Crippen molar-refractivity contribution in [2.45, 2.75) is 0 Å². The lowest BCUT2D eigenvalue weighted by Gasteiger charge is -2.25. The van der Waals surface area contributed by atoms with E-state index in [1.807, 2.05) is 66.7 Å². The number of hydrogen-bond donors (Lipinski definition) is 0. The molecular weight excluding hydrogens is 592 g/mol. The van der Waals surface area contributed by atoms with E-state index in [1.54, 1.807) is 0 Å². The predicted octanol–water partition coefficient (Wildman–Crippen LogP) is 12.4. The van der Waals surface area contributed by atoms with Gasteiger partial charge in [0.25, 0.3) is 0 Å². The van der Waals surface area contributed by atoms with Crippen LogP contribution in [-0.4, -0.2) is 4.98 Å². The molecule has 48 heavy (non-hydrogen) atoms. The summed E-state index contributed by atoms with van der Waals surface area (Å²) >= 11 is 0. The Bertz CT molecular complexity index is 2770. The molecule has 5 heteroatoms. The maximum atomic E-state index is 6.55. The van der Waals surface area contributed by atoms with Gasteiger partial charge in [-0.25, -0.2) is 4.98 Å². The van der Waals surface area contributed by atoms with E-state index in [-0.39, 0.29) is 0 Å². The van der Waals surface area contributed by atoms with Gasteiger partial charge in [0, 0.05) is 38.7 Å². The van der Waals surface area contributed by atoms with Crippen LogP contribution >= 0.6 is 0 Å². The summed E-state index contributed by atoms with van der Waals surface area (Å²) in [6.07, 6.45) is 0. The summed E-state index contributed by atoms with van der Waals surface area (Å²) in [7, 11) is 0. The van der Waals surface area contributed by atoms with Gasteiger partial charge in [-0.15, -0.1) is 0 Å². The lowest BCUT2D eigenvalue weighted by molar-refractivity contribution is 0.619. The molecule has 10 aromatic rings. The SMILES string of the molecule is c1ccc(-c2nc3c(cc(-c4ccc(N(c5ccccc5)c5cccc6c5oc5ccccc56)cc4)c4oc5ccccc5c43)o2)cc1. The Balaban J connectivity index is 1.16. The molecule has 0 aliphatic carbocycles. The Hall–Kier alpha value is -6.59. The third-order valence-electron chi connectivity index (χ3n) is 9.10. The maximum absolute atomic E-state index is 6.55. The van der Waals surface area contributed by atoms with Crippen LogP contribution in [0.1, 0.15) is 0 Å². The van der Waals surface area contributed by atoms with Gasteiger partial charge in [0.15, 0.2) is 11.2 Å². The van der Waals surface area contributed by atoms with E-state index in [1.165, 1.54) is 0 Å². The summed E-state index contributed by atoms with van der Waals surface area (Å²) < 4.78 is 19.4. The van der Waals surface area contributed by atoms with E-state index >= 15 is 0 Å². The van der Waals surface area contributed by atoms with Gasteiger partial charge < -0.3 is 18.2 Å². The Morgan fingerprint density at radius 3 is 1.85 bits per heavy atom. The quantitative estimate of drug-likeness (QED) is 0.192. The molecule has 0 amide bonds. The highest BCUT2D eigenvalue weighted by Gasteiger charge is 2.22. The molecule has 0 atom stereocenters. The van der Waals surface area contributed by atoms with Crippen molar-refractivity contribution in [1.82, 2.24) is 4.98 Å². The van der Waals surface area contributed by atoms with Gasteiger partial charge in [-0.05, 0) is 66.2 Å². The van der Waals surface area contributed by atoms with Crippen molar-refractivity contribution < 1.29 is 13.3 Å². The third kappa shape index (κ3) is 4.08. The first-order chi connectivity index (χ1) is 23.8. The van der Waals surface area contributed by atoms with Crippen LogP contribution in [0.25, 0.3) is 77.6 Å². The molecule has 0 aliphatic rings. The van der Waals surface area contributed by atoms with Crippen LogP contribution < -0.4 is 4.90 Å². The number of hydrogen-bond acceptors (Lipinski definition) is 5. The zero-order valence-electron chi connectivity index (χ0n) is 25.6. The Morgan fingerprint density at radius 2 is 1.06 bits per heavy atom. The second kappa shape index (κ2) is 10.5. The monoisotopic (exact) mass is 618 g/mol. The molecule has 0 radical (unpaired) electrons. The van der Waals surface area contributed by atoms with E-state index in [9.17, 15) is 0 Å². The molecular formula is C43H26N2O3. The van der Waals surface area contributed by atoms with Crippen LogP contribution in [-0.2, 0) is 0 Å². The molecule has 226 valence electrons. The second-order valence-corrected chi connectivity index (χ2v) is 11.9. The lowest BCUT2D eigenvalue weighted by atomic mass is 10.0. The van der Waals surface area contributed by atoms with Crippen molar-refractivity contribution in [2.75, 3.05) is 4.90 Å². The molecule has 0 saturated heterocycles. The standard InChI is InChI=1S/C43H26N2O3/c1-3-12-28(13-4-1)43-44-40-38(48-43)26-34(42-39(40)33-17-8-10-21-37(33)47-42)27-22-24-30(25-23-27)45(29-14-5-2-6-15-29)35-19-11-18-32-31-16-7-9-20-36(31)46-41(32)35/h1-26H. The fourth-order valence-corrected chi connectivity index (χ4v) is 6.90. The highest BCUT2D eigenvalue weighted by Crippen LogP contribution is 2.45. The lowest BCUT2D eigenvalue weighted by Crippen LogP contribution is -2.10. The summed E-state index contributed by atoms with van der Waals surface area (Å²) in [5, 5.41) is 4.16. The minimum Gasteiger partial charge on any atom is -0.455 e. The van der Waals surface area contributed by atoms with Gasteiger partial charge in [-0.1, -0.05) is 97.1 Å². The van der Waals surface area contributed by atoms with E-state index in [0.29, 0.717) is 5.89 Å². The highest BCUT2D eigenvalue weighted by atomic mass is 16.4. The number of benzene rings is 7. The number of aromatic nitrogens is 1. The number of furan rings is 2. The zero-order chi connectivity index (χ0) is 31.6. The van der Waals surface area contributed by atoms with Crippen LogP contribution in [0.3, 0.4) is 0 Å². The van der Waals surface area contributed by atoms with Gasteiger partial charge in [0.05, 0.1) is 11.1 Å². The number of fused-ring (bicyclic) bond motifs is 8. The summed E-state index contributed by atoms with van der Waals surface area (Å²) in [5.41, 5.74) is 10.7. The molecule has 0 aliphatic heterocycles. The summed E-state index contributed by atoms with van der Waals surface area (Å²) in [6.45, 7) is 0. The second-order valence-electron chi connectivity index (χ2n) is 11.9. The molecule has 0 fully saturated rings. The van der Waals surface area contributed by atoms with Crippen molar-refractivity contribution in [3.05, 3.63) is 158 Å². The van der Waals surface area contributed by atoms with E-state index < -0.39 is 0 Å². The predicted molar refractivity (Wildman–Crippen MR) is 194 cm³/mol. The van der Waals surface area contributed by atoms with E-state index in [4.69, 9.17) is 18.2 Å². The van der Waals surface area contributed by atoms with Gasteiger partial charge in [0.2, 0.25) is 5.89 Å². The molecule has 10 rings (SSSR count). The molecule has 3 aromatic heterocycles. The molecule has 5 nitrogen and oxygen atoms in total. The van der Waals surface area contributed by atoms with Gasteiger partial charge >= 0.3 is 0 Å². The minimum atomic E-state index is 0.586. The molecule has 7 aromatic carbocycles. The normalized spacial score (nSPS) is 11.8. The minimum absolute atomic E-state index is 0.586. The van der Waals surface area contributed by atoms with Gasteiger partial charge in [0.1, 0.15) is 22.3 Å². The van der Waals surface area contributed by atoms with Crippen molar-refractivity contribution in [3.8, 4) is 22.6 Å². The summed E-state index contributed by atoms with van der Waals surface area (Å²) in [4.78, 5) is 7.22. The number of oxazole rings is 1. The number of nitrogens with zero attached hydrogens (tertiary/aromatic N) is 2. The first kappa shape index (κ1) is 26.6. The number of para-hydroxylation sites is 4. The van der Waals surface area contributed by atoms with Crippen LogP contribution in [0.15, 0.2) is 171 Å². The average molecular weight is 619 g/mol. The van der Waals surface area contributed by atoms with Crippen LogP contribution in [0, 0.1) is 0 Å². The Morgan fingerprint density at radius 1 is 0.438 bits per heavy atom. The van der Waals surface area contributed by atoms with Crippen LogP contribution in [0.4, 0.5) is 17.1 Å². The molecule has 0 N–H and O–H groups in total. The maximum Gasteiger partial charge on any atom is 0.227 e. The van der Waals surface area contributed by atoms with E-state index in [2.05, 4.69) is 95.9 Å². The summed E-state index contributed by atoms with van der Waals surface area (Å²) in [6, 6.07) is 53.7. The Labute approximate surface area is 274 Å². The van der Waals surface area contributed by atoms with Crippen molar-refractivity contribution >= 4 is 72.0 Å². The summed E-state index contributed by atoms with van der Waals surface area (Å²) in [5.74, 6) is 0.586. The molecule has 0 spiro atoms. The molecule has 0 saturated carbocycles. The van der Waals surface area contributed by atoms with Gasteiger partial charge in [-0.3, -0.25) is 0 Å². The number of rotatable bonds is 5.